The Balaban J connectivity index is 1.61. The lowest BCUT2D eigenvalue weighted by molar-refractivity contribution is -0.00529. The van der Waals surface area contributed by atoms with Gasteiger partial charge in [-0.25, -0.2) is 0 Å². The van der Waals surface area contributed by atoms with Crippen LogP contribution in [-0.4, -0.2) is 60.8 Å². The molecule has 0 aliphatic carbocycles. The van der Waals surface area contributed by atoms with Crippen molar-refractivity contribution >= 4 is 11.5 Å². The van der Waals surface area contributed by atoms with Gasteiger partial charge in [-0.1, -0.05) is 0 Å². The average Bonchev–Trinajstić information content (AvgIpc) is 2.91. The molecule has 3 fully saturated rings. The lowest BCUT2D eigenvalue weighted by Gasteiger charge is -2.38. The number of anilines is 2. The Labute approximate surface area is 143 Å². The molecular formula is C17H27N5O2. The lowest BCUT2D eigenvalue weighted by atomic mass is 10.2. The topological polar surface area (TPSA) is 76.7 Å². The molecule has 0 aromatic carbocycles. The van der Waals surface area contributed by atoms with E-state index < -0.39 is 0 Å². The fraction of sp³-hybridized carbons (Fsp3) is 0.765. The summed E-state index contributed by atoms with van der Waals surface area (Å²) in [4.78, 5) is 4.66. The van der Waals surface area contributed by atoms with Crippen molar-refractivity contribution in [3.63, 3.8) is 0 Å². The minimum atomic E-state index is 0.204. The SMILES string of the molecule is C[C@@H]1CN(c2cc(N3CC4CCC(C3)O4)nnc2CN)C[C@H](C)O1. The molecule has 1 aromatic rings. The fourth-order valence-electron chi connectivity index (χ4n) is 4.15. The second-order valence-electron chi connectivity index (χ2n) is 7.26. The first-order chi connectivity index (χ1) is 11.6. The largest absolute Gasteiger partial charge is 0.372 e. The van der Waals surface area contributed by atoms with E-state index in [-0.39, 0.29) is 12.2 Å². The van der Waals surface area contributed by atoms with Gasteiger partial charge in [0.2, 0.25) is 0 Å². The third-order valence-corrected chi connectivity index (χ3v) is 5.16. The molecule has 2 N–H and O–H groups in total. The molecule has 0 radical (unpaired) electrons. The molecule has 2 unspecified atom stereocenters. The highest BCUT2D eigenvalue weighted by Crippen LogP contribution is 2.31. The first-order valence-electron chi connectivity index (χ1n) is 9.00. The summed E-state index contributed by atoms with van der Waals surface area (Å²) < 4.78 is 11.8. The Morgan fingerprint density at radius 1 is 1.00 bits per heavy atom. The van der Waals surface area contributed by atoms with Crippen LogP contribution in [0.3, 0.4) is 0 Å². The number of hydrogen-bond acceptors (Lipinski definition) is 7. The van der Waals surface area contributed by atoms with Gasteiger partial charge in [-0.3, -0.25) is 0 Å². The van der Waals surface area contributed by atoms with Crippen molar-refractivity contribution < 1.29 is 9.47 Å². The Bertz CT molecular complexity index is 576. The Morgan fingerprint density at radius 2 is 1.67 bits per heavy atom. The molecule has 2 bridgehead atoms. The molecule has 7 nitrogen and oxygen atoms in total. The summed E-state index contributed by atoms with van der Waals surface area (Å²) in [6.45, 7) is 8.15. The third-order valence-electron chi connectivity index (χ3n) is 5.16. The predicted molar refractivity (Wildman–Crippen MR) is 92.3 cm³/mol. The lowest BCUT2D eigenvalue weighted by Crippen LogP contribution is -2.46. The van der Waals surface area contributed by atoms with Crippen LogP contribution in [0.15, 0.2) is 6.07 Å². The molecule has 1 aromatic heterocycles. The number of hydrogen-bond donors (Lipinski definition) is 1. The van der Waals surface area contributed by atoms with Crippen LogP contribution in [0.5, 0.6) is 0 Å². The first kappa shape index (κ1) is 16.1. The molecule has 7 heteroatoms. The maximum Gasteiger partial charge on any atom is 0.153 e. The van der Waals surface area contributed by atoms with Gasteiger partial charge in [-0.15, -0.1) is 10.2 Å². The summed E-state index contributed by atoms with van der Waals surface area (Å²) in [5, 5.41) is 8.87. The maximum absolute atomic E-state index is 5.93. The molecule has 0 saturated carbocycles. The maximum atomic E-state index is 5.93. The van der Waals surface area contributed by atoms with E-state index in [0.717, 1.165) is 56.2 Å². The van der Waals surface area contributed by atoms with Gasteiger partial charge < -0.3 is 25.0 Å². The van der Waals surface area contributed by atoms with Crippen LogP contribution in [-0.2, 0) is 16.0 Å². The van der Waals surface area contributed by atoms with Crippen molar-refractivity contribution in [3.05, 3.63) is 11.8 Å². The van der Waals surface area contributed by atoms with Gasteiger partial charge in [-0.05, 0) is 26.7 Å². The van der Waals surface area contributed by atoms with Gasteiger partial charge in [0.25, 0.3) is 0 Å². The Morgan fingerprint density at radius 3 is 2.29 bits per heavy atom. The summed E-state index contributed by atoms with van der Waals surface area (Å²) in [5.41, 5.74) is 7.87. The highest BCUT2D eigenvalue weighted by molar-refractivity contribution is 5.58. The van der Waals surface area contributed by atoms with Crippen LogP contribution in [0.2, 0.25) is 0 Å². The van der Waals surface area contributed by atoms with E-state index in [2.05, 4.69) is 39.9 Å². The summed E-state index contributed by atoms with van der Waals surface area (Å²) in [7, 11) is 0. The zero-order chi connectivity index (χ0) is 16.7. The third kappa shape index (κ3) is 3.08. The van der Waals surface area contributed by atoms with Crippen LogP contribution in [0, 0.1) is 0 Å². The average molecular weight is 333 g/mol. The van der Waals surface area contributed by atoms with Gasteiger partial charge in [0.05, 0.1) is 30.1 Å². The second kappa shape index (κ2) is 6.46. The van der Waals surface area contributed by atoms with Crippen LogP contribution >= 0.6 is 0 Å². The van der Waals surface area contributed by atoms with E-state index >= 15 is 0 Å². The number of rotatable bonds is 3. The molecule has 4 rings (SSSR count). The minimum absolute atomic E-state index is 0.204. The number of nitrogens with two attached hydrogens (primary N) is 1. The minimum Gasteiger partial charge on any atom is -0.372 e. The smallest absolute Gasteiger partial charge is 0.153 e. The molecular weight excluding hydrogens is 306 g/mol. The number of fused-ring (bicyclic) bond motifs is 2. The van der Waals surface area contributed by atoms with E-state index in [1.807, 2.05) is 0 Å². The summed E-state index contributed by atoms with van der Waals surface area (Å²) in [6.07, 6.45) is 3.39. The van der Waals surface area contributed by atoms with Gasteiger partial charge >= 0.3 is 0 Å². The predicted octanol–water partition coefficient (Wildman–Crippen LogP) is 0.916. The molecule has 0 amide bonds. The van der Waals surface area contributed by atoms with Crippen molar-refractivity contribution in [2.24, 2.45) is 5.73 Å². The number of aromatic nitrogens is 2. The van der Waals surface area contributed by atoms with Gasteiger partial charge in [0.1, 0.15) is 5.69 Å². The zero-order valence-corrected chi connectivity index (χ0v) is 14.5. The highest BCUT2D eigenvalue weighted by Gasteiger charge is 2.35. The molecule has 4 atom stereocenters. The molecule has 132 valence electrons. The first-order valence-corrected chi connectivity index (χ1v) is 9.00. The standard InChI is InChI=1S/C17H27N5O2/c1-11-7-21(8-12(2)23-11)16-5-17(20-19-15(16)6-18)22-9-13-3-4-14(10-22)24-13/h5,11-14H,3-4,6-10,18H2,1-2H3/t11-,12+,13?,14?. The van der Waals surface area contributed by atoms with Crippen LogP contribution in [0.1, 0.15) is 32.4 Å². The van der Waals surface area contributed by atoms with Crippen LogP contribution in [0.25, 0.3) is 0 Å². The zero-order valence-electron chi connectivity index (χ0n) is 14.5. The molecule has 3 aliphatic rings. The van der Waals surface area contributed by atoms with Crippen LogP contribution in [0.4, 0.5) is 11.5 Å². The number of morpholine rings is 2. The molecule has 24 heavy (non-hydrogen) atoms. The van der Waals surface area contributed by atoms with Crippen molar-refractivity contribution in [3.8, 4) is 0 Å². The van der Waals surface area contributed by atoms with Crippen molar-refractivity contribution in [2.75, 3.05) is 36.0 Å². The molecule has 0 spiro atoms. The monoisotopic (exact) mass is 333 g/mol. The Kier molecular flexibility index (Phi) is 4.32. The quantitative estimate of drug-likeness (QED) is 0.881. The second-order valence-corrected chi connectivity index (χ2v) is 7.26. The summed E-state index contributed by atoms with van der Waals surface area (Å²) >= 11 is 0. The van der Waals surface area contributed by atoms with Gasteiger partial charge in [-0.2, -0.15) is 0 Å². The van der Waals surface area contributed by atoms with Crippen molar-refractivity contribution in [2.45, 2.75) is 57.6 Å². The van der Waals surface area contributed by atoms with E-state index in [9.17, 15) is 0 Å². The van der Waals surface area contributed by atoms with Gasteiger partial charge in [0, 0.05) is 38.8 Å². The molecule has 4 heterocycles. The fourth-order valence-corrected chi connectivity index (χ4v) is 4.15. The van der Waals surface area contributed by atoms with E-state index in [0.29, 0.717) is 18.8 Å². The van der Waals surface area contributed by atoms with Crippen LogP contribution < -0.4 is 15.5 Å². The summed E-state index contributed by atoms with van der Waals surface area (Å²) in [5.74, 6) is 0.939. The summed E-state index contributed by atoms with van der Waals surface area (Å²) in [6, 6.07) is 2.16. The normalized spacial score (nSPS) is 33.1. The number of ether oxygens (including phenoxy) is 2. The Hall–Kier alpha value is -1.44. The van der Waals surface area contributed by atoms with E-state index in [1.165, 1.54) is 0 Å². The van der Waals surface area contributed by atoms with E-state index in [1.54, 1.807) is 0 Å². The van der Waals surface area contributed by atoms with Gasteiger partial charge in [0.15, 0.2) is 5.82 Å². The van der Waals surface area contributed by atoms with Crippen molar-refractivity contribution in [1.29, 1.82) is 0 Å². The number of nitrogens with zero attached hydrogens (tertiary/aromatic N) is 4. The highest BCUT2D eigenvalue weighted by atomic mass is 16.5. The molecule has 3 saturated heterocycles. The van der Waals surface area contributed by atoms with Crippen molar-refractivity contribution in [1.82, 2.24) is 10.2 Å². The van der Waals surface area contributed by atoms with E-state index in [4.69, 9.17) is 15.2 Å². The molecule has 3 aliphatic heterocycles.